The van der Waals surface area contributed by atoms with Crippen LogP contribution in [0.15, 0.2) is 79.4 Å². The monoisotopic (exact) mass is 566 g/mol. The third kappa shape index (κ3) is 6.36. The lowest BCUT2D eigenvalue weighted by molar-refractivity contribution is 0.0492. The van der Waals surface area contributed by atoms with E-state index in [0.29, 0.717) is 12.1 Å². The summed E-state index contributed by atoms with van der Waals surface area (Å²) in [4.78, 5) is 21.2. The standard InChI is InChI=1S/C29H30N6O2.2ClH/c36-29(22-4-2-1-3-5-22)37-17-16-34-15-11-25-27(34)28(32-20-31-25)33-24-6-7-26-23(18-24)10-14-35(26)19-21-8-12-30-13-9-21;;/h1-7,10-11,14-15,18,20-21,30H,8-9,12-13,16-17,19H2,(H,31,32,33);2*1H. The summed E-state index contributed by atoms with van der Waals surface area (Å²) < 4.78 is 9.88. The van der Waals surface area contributed by atoms with E-state index in [1.165, 1.54) is 23.7 Å². The van der Waals surface area contributed by atoms with Crippen LogP contribution >= 0.6 is 24.8 Å². The Morgan fingerprint density at radius 2 is 1.77 bits per heavy atom. The molecular formula is C29H32Cl2N6O2. The van der Waals surface area contributed by atoms with E-state index in [1.807, 2.05) is 35.0 Å². The average Bonchev–Trinajstić information content (AvgIpc) is 3.54. The van der Waals surface area contributed by atoms with E-state index >= 15 is 0 Å². The molecule has 0 radical (unpaired) electrons. The van der Waals surface area contributed by atoms with Gasteiger partial charge in [0.15, 0.2) is 5.82 Å². The Morgan fingerprint density at radius 3 is 2.59 bits per heavy atom. The van der Waals surface area contributed by atoms with Crippen LogP contribution < -0.4 is 10.6 Å². The zero-order chi connectivity index (χ0) is 25.0. The van der Waals surface area contributed by atoms with Crippen molar-refractivity contribution < 1.29 is 9.53 Å². The first-order valence-corrected chi connectivity index (χ1v) is 12.8. The lowest BCUT2D eigenvalue weighted by Gasteiger charge is -2.23. The Bertz CT molecular complexity index is 1530. The van der Waals surface area contributed by atoms with Gasteiger partial charge >= 0.3 is 5.97 Å². The molecular weight excluding hydrogens is 535 g/mol. The number of fused-ring (bicyclic) bond motifs is 2. The van der Waals surface area contributed by atoms with Gasteiger partial charge in [0.05, 0.1) is 17.6 Å². The number of nitrogens with zero attached hydrogens (tertiary/aromatic N) is 4. The largest absolute Gasteiger partial charge is 0.460 e. The van der Waals surface area contributed by atoms with E-state index in [-0.39, 0.29) is 37.4 Å². The fourth-order valence-electron chi connectivity index (χ4n) is 5.12. The minimum atomic E-state index is -0.327. The van der Waals surface area contributed by atoms with Crippen LogP contribution in [0, 0.1) is 5.92 Å². The first kappa shape index (κ1) is 28.4. The lowest BCUT2D eigenvalue weighted by Crippen LogP contribution is -2.29. The van der Waals surface area contributed by atoms with Crippen LogP contribution in [0.3, 0.4) is 0 Å². The molecule has 1 aliphatic rings. The quantitative estimate of drug-likeness (QED) is 0.230. The predicted molar refractivity (Wildman–Crippen MR) is 160 cm³/mol. The minimum Gasteiger partial charge on any atom is -0.460 e. The second kappa shape index (κ2) is 13.0. The first-order valence-electron chi connectivity index (χ1n) is 12.8. The summed E-state index contributed by atoms with van der Waals surface area (Å²) in [5, 5.41) is 8.13. The summed E-state index contributed by atoms with van der Waals surface area (Å²) in [6.45, 7) is 4.04. The number of carbonyl (C=O) groups excluding carboxylic acids is 1. The summed E-state index contributed by atoms with van der Waals surface area (Å²) in [5.74, 6) is 1.12. The summed E-state index contributed by atoms with van der Waals surface area (Å²) in [6, 6.07) is 19.6. The van der Waals surface area contributed by atoms with Gasteiger partial charge in [-0.05, 0) is 74.3 Å². The Balaban J connectivity index is 0.00000176. The molecule has 4 heterocycles. The van der Waals surface area contributed by atoms with Crippen molar-refractivity contribution >= 4 is 64.2 Å². The van der Waals surface area contributed by atoms with Crippen molar-refractivity contribution in [3.05, 3.63) is 84.9 Å². The number of ether oxygens (including phenoxy) is 1. The molecule has 6 rings (SSSR count). The molecule has 0 amide bonds. The normalized spacial score (nSPS) is 13.5. The number of nitrogens with one attached hydrogen (secondary N) is 2. The van der Waals surface area contributed by atoms with E-state index in [1.54, 1.807) is 18.5 Å². The maximum Gasteiger partial charge on any atom is 0.338 e. The molecule has 0 saturated carbocycles. The number of carbonyl (C=O) groups is 1. The molecule has 1 saturated heterocycles. The summed E-state index contributed by atoms with van der Waals surface area (Å²) in [6.07, 6.45) is 8.17. The highest BCUT2D eigenvalue weighted by Gasteiger charge is 2.15. The van der Waals surface area contributed by atoms with Crippen LogP contribution in [0.25, 0.3) is 21.9 Å². The van der Waals surface area contributed by atoms with Gasteiger partial charge in [0.25, 0.3) is 0 Å². The van der Waals surface area contributed by atoms with Gasteiger partial charge in [-0.3, -0.25) is 0 Å². The summed E-state index contributed by atoms with van der Waals surface area (Å²) in [7, 11) is 0. The van der Waals surface area contributed by atoms with Gasteiger partial charge in [-0.1, -0.05) is 18.2 Å². The molecule has 3 aromatic heterocycles. The summed E-state index contributed by atoms with van der Waals surface area (Å²) in [5.41, 5.74) is 4.48. The highest BCUT2D eigenvalue weighted by Crippen LogP contribution is 2.28. The van der Waals surface area contributed by atoms with E-state index in [2.05, 4.69) is 55.6 Å². The molecule has 1 aliphatic heterocycles. The fraction of sp³-hybridized carbons (Fsp3) is 0.276. The molecule has 204 valence electrons. The van der Waals surface area contributed by atoms with Gasteiger partial charge in [-0.2, -0.15) is 0 Å². The molecule has 2 aromatic carbocycles. The number of aromatic nitrogens is 4. The topological polar surface area (TPSA) is 86.0 Å². The Morgan fingerprint density at radius 1 is 0.974 bits per heavy atom. The highest BCUT2D eigenvalue weighted by atomic mass is 35.5. The molecule has 10 heteroatoms. The zero-order valence-corrected chi connectivity index (χ0v) is 23.1. The van der Waals surface area contributed by atoms with Crippen LogP contribution in [0.5, 0.6) is 0 Å². The Labute approximate surface area is 239 Å². The van der Waals surface area contributed by atoms with E-state index in [4.69, 9.17) is 4.74 Å². The highest BCUT2D eigenvalue weighted by molar-refractivity contribution is 5.91. The number of esters is 1. The molecule has 0 aliphatic carbocycles. The van der Waals surface area contributed by atoms with Crippen molar-refractivity contribution in [2.45, 2.75) is 25.9 Å². The lowest BCUT2D eigenvalue weighted by atomic mass is 9.98. The predicted octanol–water partition coefficient (Wildman–Crippen LogP) is 5.83. The van der Waals surface area contributed by atoms with Crippen molar-refractivity contribution in [1.82, 2.24) is 24.4 Å². The van der Waals surface area contributed by atoms with E-state index < -0.39 is 0 Å². The number of hydrogen-bond donors (Lipinski definition) is 2. The number of rotatable bonds is 8. The van der Waals surface area contributed by atoms with Gasteiger partial charge in [-0.25, -0.2) is 14.8 Å². The van der Waals surface area contributed by atoms with Crippen molar-refractivity contribution in [3.63, 3.8) is 0 Å². The first-order chi connectivity index (χ1) is 18.2. The van der Waals surface area contributed by atoms with E-state index in [9.17, 15) is 4.79 Å². The Hall–Kier alpha value is -3.59. The van der Waals surface area contributed by atoms with Gasteiger partial charge in [0, 0.05) is 35.5 Å². The van der Waals surface area contributed by atoms with Crippen molar-refractivity contribution in [2.75, 3.05) is 25.0 Å². The van der Waals surface area contributed by atoms with Crippen LogP contribution in [-0.2, 0) is 17.8 Å². The van der Waals surface area contributed by atoms with Crippen molar-refractivity contribution in [2.24, 2.45) is 5.92 Å². The van der Waals surface area contributed by atoms with Crippen LogP contribution in [-0.4, -0.2) is 44.8 Å². The second-order valence-corrected chi connectivity index (χ2v) is 9.53. The molecule has 5 aromatic rings. The number of benzene rings is 2. The van der Waals surface area contributed by atoms with Crippen molar-refractivity contribution in [1.29, 1.82) is 0 Å². The SMILES string of the molecule is Cl.Cl.O=C(OCCn1ccc2ncnc(Nc3ccc4c(ccn4CC4CCNCC4)c3)c21)c1ccccc1. The molecule has 0 bridgehead atoms. The number of piperidine rings is 1. The molecule has 0 unspecified atom stereocenters. The summed E-state index contributed by atoms with van der Waals surface area (Å²) >= 11 is 0. The van der Waals surface area contributed by atoms with Crippen molar-refractivity contribution in [3.8, 4) is 0 Å². The van der Waals surface area contributed by atoms with Crippen LogP contribution in [0.2, 0.25) is 0 Å². The smallest absolute Gasteiger partial charge is 0.338 e. The molecule has 1 fully saturated rings. The van der Waals surface area contributed by atoms with E-state index in [0.717, 1.165) is 48.1 Å². The van der Waals surface area contributed by atoms with Gasteiger partial charge in [0.2, 0.25) is 0 Å². The molecule has 8 nitrogen and oxygen atoms in total. The fourth-order valence-corrected chi connectivity index (χ4v) is 5.12. The molecule has 2 N–H and O–H groups in total. The molecule has 0 atom stereocenters. The average molecular weight is 568 g/mol. The van der Waals surface area contributed by atoms with Crippen LogP contribution in [0.4, 0.5) is 11.5 Å². The van der Waals surface area contributed by atoms with Gasteiger partial charge in [-0.15, -0.1) is 24.8 Å². The third-order valence-corrected chi connectivity index (χ3v) is 7.07. The number of anilines is 2. The number of hydrogen-bond acceptors (Lipinski definition) is 6. The zero-order valence-electron chi connectivity index (χ0n) is 21.5. The van der Waals surface area contributed by atoms with Gasteiger partial charge in [0.1, 0.15) is 18.5 Å². The molecule has 0 spiro atoms. The second-order valence-electron chi connectivity index (χ2n) is 9.53. The minimum absolute atomic E-state index is 0. The molecule has 39 heavy (non-hydrogen) atoms. The van der Waals surface area contributed by atoms with Gasteiger partial charge < -0.3 is 24.5 Å². The number of halogens is 2. The maximum absolute atomic E-state index is 12.3. The maximum atomic E-state index is 12.3. The van der Waals surface area contributed by atoms with Crippen LogP contribution in [0.1, 0.15) is 23.2 Å². The third-order valence-electron chi connectivity index (χ3n) is 7.07. The Kier molecular flexibility index (Phi) is 9.45.